The van der Waals surface area contributed by atoms with E-state index in [0.717, 1.165) is 30.6 Å². The van der Waals surface area contributed by atoms with E-state index in [0.29, 0.717) is 17.0 Å². The molecule has 3 aromatic rings. The number of fused-ring (bicyclic) bond motifs is 1. The van der Waals surface area contributed by atoms with Crippen LogP contribution < -0.4 is 4.74 Å². The number of rotatable bonds is 3. The fraction of sp³-hybridized carbons (Fsp3) is 0.348. The Hall–Kier alpha value is -3.16. The van der Waals surface area contributed by atoms with Crippen LogP contribution in [0, 0.1) is 5.41 Å². The van der Waals surface area contributed by atoms with Crippen molar-refractivity contribution in [2.24, 2.45) is 5.41 Å². The van der Waals surface area contributed by atoms with Crippen molar-refractivity contribution < 1.29 is 22.7 Å². The predicted octanol–water partition coefficient (Wildman–Crippen LogP) is 5.70. The molecule has 1 aliphatic rings. The van der Waals surface area contributed by atoms with Crippen LogP contribution in [-0.4, -0.2) is 33.4 Å². The van der Waals surface area contributed by atoms with Crippen LogP contribution >= 0.6 is 0 Å². The highest BCUT2D eigenvalue weighted by Crippen LogP contribution is 2.35. The minimum absolute atomic E-state index is 0.0172. The third-order valence-electron chi connectivity index (χ3n) is 5.45. The molecule has 8 heteroatoms. The van der Waals surface area contributed by atoms with E-state index < -0.39 is 11.7 Å². The summed E-state index contributed by atoms with van der Waals surface area (Å²) in [4.78, 5) is 23.0. The molecular formula is C23H22F3N3O2. The Morgan fingerprint density at radius 1 is 1.10 bits per heavy atom. The van der Waals surface area contributed by atoms with Gasteiger partial charge in [-0.25, -0.2) is 9.97 Å². The number of likely N-dealkylation sites (tertiary alicyclic amines) is 1. The number of amides is 1. The average molecular weight is 429 g/mol. The van der Waals surface area contributed by atoms with Gasteiger partial charge in [0.25, 0.3) is 5.91 Å². The summed E-state index contributed by atoms with van der Waals surface area (Å²) in [5.74, 6) is 0.386. The summed E-state index contributed by atoms with van der Waals surface area (Å²) in [7, 11) is 0. The van der Waals surface area contributed by atoms with E-state index in [2.05, 4.69) is 30.7 Å². The number of carbonyl (C=O) groups is 1. The number of nitrogens with zero attached hydrogens (tertiary/aromatic N) is 3. The van der Waals surface area contributed by atoms with Crippen LogP contribution in [0.25, 0.3) is 10.9 Å². The van der Waals surface area contributed by atoms with E-state index >= 15 is 0 Å². The van der Waals surface area contributed by atoms with Gasteiger partial charge in [0.1, 0.15) is 11.4 Å². The number of hydrogen-bond donors (Lipinski definition) is 0. The molecule has 1 fully saturated rings. The van der Waals surface area contributed by atoms with E-state index in [1.807, 2.05) is 4.90 Å². The molecule has 0 aliphatic carbocycles. The molecule has 1 atom stereocenters. The fourth-order valence-electron chi connectivity index (χ4n) is 3.69. The topological polar surface area (TPSA) is 55.3 Å². The molecule has 5 nitrogen and oxygen atoms in total. The Morgan fingerprint density at radius 3 is 2.45 bits per heavy atom. The molecule has 4 rings (SSSR count). The summed E-state index contributed by atoms with van der Waals surface area (Å²) in [5.41, 5.74) is 0.199. The number of hydrogen-bond acceptors (Lipinski definition) is 4. The zero-order valence-electron chi connectivity index (χ0n) is 17.4. The van der Waals surface area contributed by atoms with E-state index in [1.165, 1.54) is 6.07 Å². The zero-order chi connectivity index (χ0) is 22.4. The summed E-state index contributed by atoms with van der Waals surface area (Å²) in [6.07, 6.45) is -2.73. The van der Waals surface area contributed by atoms with Gasteiger partial charge in [-0.15, -0.1) is 0 Å². The summed E-state index contributed by atoms with van der Waals surface area (Å²) in [6.45, 7) is 7.10. The van der Waals surface area contributed by atoms with Crippen molar-refractivity contribution in [1.82, 2.24) is 14.9 Å². The molecule has 31 heavy (non-hydrogen) atoms. The van der Waals surface area contributed by atoms with Crippen LogP contribution in [0.4, 0.5) is 13.2 Å². The van der Waals surface area contributed by atoms with Crippen molar-refractivity contribution in [2.45, 2.75) is 39.4 Å². The third-order valence-corrected chi connectivity index (χ3v) is 5.45. The standard InChI is InChI=1S/C23H22F3N3O2/c1-22(2,3)19-10-11-29(19)21(30)18-7-4-14-12-16(6-8-17(14)28-18)31-20-9-5-15(13-27-20)23(24,25)26/h4-9,12-13,19H,10-11H2,1-3H3. The first kappa shape index (κ1) is 21.1. The van der Waals surface area contributed by atoms with E-state index in [-0.39, 0.29) is 23.2 Å². The summed E-state index contributed by atoms with van der Waals surface area (Å²) >= 11 is 0. The third kappa shape index (κ3) is 4.33. The molecule has 0 saturated carbocycles. The molecular weight excluding hydrogens is 407 g/mol. The number of aromatic nitrogens is 2. The maximum atomic E-state index is 12.9. The lowest BCUT2D eigenvalue weighted by Gasteiger charge is -2.48. The summed E-state index contributed by atoms with van der Waals surface area (Å²) < 4.78 is 43.5. The highest BCUT2D eigenvalue weighted by atomic mass is 19.4. The molecule has 1 aromatic carbocycles. The van der Waals surface area contributed by atoms with Crippen molar-refractivity contribution in [2.75, 3.05) is 6.54 Å². The van der Waals surface area contributed by atoms with Crippen molar-refractivity contribution in [3.8, 4) is 11.6 Å². The molecule has 1 aliphatic heterocycles. The summed E-state index contributed by atoms with van der Waals surface area (Å²) in [6, 6.07) is 10.8. The van der Waals surface area contributed by atoms with Gasteiger partial charge >= 0.3 is 6.18 Å². The largest absolute Gasteiger partial charge is 0.439 e. The average Bonchev–Trinajstić information content (AvgIpc) is 2.65. The maximum absolute atomic E-state index is 12.9. The lowest BCUT2D eigenvalue weighted by molar-refractivity contribution is -0.137. The number of benzene rings is 1. The van der Waals surface area contributed by atoms with Gasteiger partial charge in [0.15, 0.2) is 0 Å². The molecule has 1 amide bonds. The van der Waals surface area contributed by atoms with Gasteiger partial charge in [-0.2, -0.15) is 13.2 Å². The van der Waals surface area contributed by atoms with E-state index in [9.17, 15) is 18.0 Å². The van der Waals surface area contributed by atoms with Gasteiger partial charge in [0, 0.05) is 30.2 Å². The van der Waals surface area contributed by atoms with Gasteiger partial charge in [0.05, 0.1) is 11.1 Å². The number of pyridine rings is 2. The zero-order valence-corrected chi connectivity index (χ0v) is 17.4. The number of alkyl halides is 3. The van der Waals surface area contributed by atoms with Gasteiger partial charge in [-0.1, -0.05) is 26.8 Å². The van der Waals surface area contributed by atoms with Crippen molar-refractivity contribution >= 4 is 16.8 Å². The predicted molar refractivity (Wildman–Crippen MR) is 110 cm³/mol. The second-order valence-electron chi connectivity index (χ2n) is 8.70. The fourth-order valence-corrected chi connectivity index (χ4v) is 3.69. The van der Waals surface area contributed by atoms with Crippen LogP contribution in [-0.2, 0) is 6.18 Å². The van der Waals surface area contributed by atoms with E-state index in [4.69, 9.17) is 4.74 Å². The van der Waals surface area contributed by atoms with Crippen molar-refractivity contribution in [3.05, 3.63) is 59.9 Å². The molecule has 0 spiro atoms. The Labute approximate surface area is 177 Å². The first-order valence-corrected chi connectivity index (χ1v) is 9.95. The number of halogens is 3. The Bertz CT molecular complexity index is 1120. The minimum atomic E-state index is -4.45. The van der Waals surface area contributed by atoms with Gasteiger partial charge < -0.3 is 9.64 Å². The lowest BCUT2D eigenvalue weighted by Crippen LogP contribution is -2.57. The highest BCUT2D eigenvalue weighted by Gasteiger charge is 2.40. The monoisotopic (exact) mass is 429 g/mol. The highest BCUT2D eigenvalue weighted by molar-refractivity contribution is 5.95. The molecule has 0 N–H and O–H groups in total. The first-order valence-electron chi connectivity index (χ1n) is 9.95. The Kier molecular flexibility index (Phi) is 5.11. The van der Waals surface area contributed by atoms with E-state index in [1.54, 1.807) is 30.3 Å². The van der Waals surface area contributed by atoms with Crippen LogP contribution in [0.15, 0.2) is 48.7 Å². The lowest BCUT2D eigenvalue weighted by atomic mass is 9.79. The molecule has 0 bridgehead atoms. The Balaban J connectivity index is 1.51. The Morgan fingerprint density at radius 2 is 1.87 bits per heavy atom. The molecule has 1 saturated heterocycles. The molecule has 1 unspecified atom stereocenters. The first-order chi connectivity index (χ1) is 14.5. The molecule has 0 radical (unpaired) electrons. The number of ether oxygens (including phenoxy) is 1. The van der Waals surface area contributed by atoms with Gasteiger partial charge in [0.2, 0.25) is 5.88 Å². The maximum Gasteiger partial charge on any atom is 0.417 e. The normalized spacial score (nSPS) is 16.8. The smallest absolute Gasteiger partial charge is 0.417 e. The molecule has 3 heterocycles. The second-order valence-corrected chi connectivity index (χ2v) is 8.70. The second kappa shape index (κ2) is 7.51. The van der Waals surface area contributed by atoms with Crippen LogP contribution in [0.1, 0.15) is 43.2 Å². The molecule has 162 valence electrons. The minimum Gasteiger partial charge on any atom is -0.439 e. The van der Waals surface area contributed by atoms with Crippen LogP contribution in [0.3, 0.4) is 0 Å². The number of carbonyl (C=O) groups excluding carboxylic acids is 1. The van der Waals surface area contributed by atoms with Crippen LogP contribution in [0.2, 0.25) is 0 Å². The van der Waals surface area contributed by atoms with Gasteiger partial charge in [-0.3, -0.25) is 4.79 Å². The van der Waals surface area contributed by atoms with Gasteiger partial charge in [-0.05, 0) is 42.2 Å². The SMILES string of the molecule is CC(C)(C)C1CCN1C(=O)c1ccc2cc(Oc3ccc(C(F)(F)F)cn3)ccc2n1. The van der Waals surface area contributed by atoms with Crippen LogP contribution in [0.5, 0.6) is 11.6 Å². The van der Waals surface area contributed by atoms with Crippen molar-refractivity contribution in [3.63, 3.8) is 0 Å². The van der Waals surface area contributed by atoms with Crippen molar-refractivity contribution in [1.29, 1.82) is 0 Å². The molecule has 2 aromatic heterocycles. The quantitative estimate of drug-likeness (QED) is 0.536. The summed E-state index contributed by atoms with van der Waals surface area (Å²) in [5, 5.41) is 0.747.